The van der Waals surface area contributed by atoms with Crippen LogP contribution in [0, 0.1) is 5.82 Å². The molecule has 1 aromatic heterocycles. The predicted molar refractivity (Wildman–Crippen MR) is 103 cm³/mol. The summed E-state index contributed by atoms with van der Waals surface area (Å²) in [5.74, 6) is -0.0971. The molecule has 0 saturated heterocycles. The van der Waals surface area contributed by atoms with Gasteiger partial charge in [-0.2, -0.15) is 0 Å². The molecule has 3 aromatic rings. The second-order valence-electron chi connectivity index (χ2n) is 6.44. The smallest absolute Gasteiger partial charge is 0.273 e. The van der Waals surface area contributed by atoms with Crippen molar-refractivity contribution in [1.82, 2.24) is 14.9 Å². The third-order valence-electron chi connectivity index (χ3n) is 4.06. The lowest BCUT2D eigenvalue weighted by Crippen LogP contribution is -2.36. The van der Waals surface area contributed by atoms with Crippen LogP contribution in [0.4, 0.5) is 15.9 Å². The fourth-order valence-corrected chi connectivity index (χ4v) is 2.67. The molecule has 0 saturated carbocycles. The minimum absolute atomic E-state index is 0.00676. The first-order valence-electron chi connectivity index (χ1n) is 8.72. The first-order chi connectivity index (χ1) is 13.0. The van der Waals surface area contributed by atoms with E-state index in [0.29, 0.717) is 18.1 Å². The Morgan fingerprint density at radius 3 is 2.56 bits per heavy atom. The molecule has 0 aliphatic carbocycles. The molecule has 0 radical (unpaired) electrons. The van der Waals surface area contributed by atoms with Gasteiger partial charge in [0.25, 0.3) is 5.91 Å². The predicted octanol–water partition coefficient (Wildman–Crippen LogP) is 4.41. The van der Waals surface area contributed by atoms with Gasteiger partial charge < -0.3 is 10.2 Å². The zero-order chi connectivity index (χ0) is 19.2. The average molecular weight is 364 g/mol. The number of amides is 1. The van der Waals surface area contributed by atoms with Crippen molar-refractivity contribution in [3.8, 4) is 0 Å². The highest BCUT2D eigenvalue weighted by Gasteiger charge is 2.21. The van der Waals surface area contributed by atoms with Gasteiger partial charge in [0.05, 0.1) is 0 Å². The van der Waals surface area contributed by atoms with E-state index >= 15 is 0 Å². The normalized spacial score (nSPS) is 10.7. The lowest BCUT2D eigenvalue weighted by molar-refractivity contribution is 0.0684. The molecule has 1 heterocycles. The minimum atomic E-state index is -0.348. The van der Waals surface area contributed by atoms with Crippen molar-refractivity contribution in [1.29, 1.82) is 0 Å². The highest BCUT2D eigenvalue weighted by molar-refractivity contribution is 5.93. The van der Waals surface area contributed by atoms with Crippen molar-refractivity contribution in [2.75, 3.05) is 5.32 Å². The number of halogens is 1. The monoisotopic (exact) mass is 364 g/mol. The number of nitrogens with zero attached hydrogens (tertiary/aromatic N) is 3. The van der Waals surface area contributed by atoms with Crippen LogP contribution in [0.15, 0.2) is 67.0 Å². The molecule has 6 heteroatoms. The lowest BCUT2D eigenvalue weighted by Gasteiger charge is -2.26. The van der Waals surface area contributed by atoms with Crippen LogP contribution in [-0.2, 0) is 6.54 Å². The lowest BCUT2D eigenvalue weighted by atomic mass is 10.1. The van der Waals surface area contributed by atoms with Crippen LogP contribution in [0.3, 0.4) is 0 Å². The van der Waals surface area contributed by atoms with E-state index in [4.69, 9.17) is 0 Å². The van der Waals surface area contributed by atoms with Gasteiger partial charge in [0.1, 0.15) is 23.7 Å². The van der Waals surface area contributed by atoms with Crippen molar-refractivity contribution in [2.45, 2.75) is 26.4 Å². The second kappa shape index (κ2) is 8.40. The van der Waals surface area contributed by atoms with Gasteiger partial charge in [0, 0.05) is 24.3 Å². The summed E-state index contributed by atoms with van der Waals surface area (Å²) in [6.45, 7) is 4.43. The maximum Gasteiger partial charge on any atom is 0.273 e. The molecule has 0 spiro atoms. The standard InChI is InChI=1S/C21H21FN4O/c1-15(2)26(13-16-7-4-3-5-8-16)21(27)19-12-20(24-14-23-19)25-18-10-6-9-17(22)11-18/h3-12,14-15H,13H2,1-2H3,(H,23,24,25). The number of nitrogens with one attached hydrogen (secondary N) is 1. The third kappa shape index (κ3) is 4.88. The van der Waals surface area contributed by atoms with Crippen LogP contribution in [-0.4, -0.2) is 26.8 Å². The minimum Gasteiger partial charge on any atom is -0.340 e. The van der Waals surface area contributed by atoms with Gasteiger partial charge in [0.2, 0.25) is 0 Å². The molecule has 0 aliphatic heterocycles. The van der Waals surface area contributed by atoms with E-state index in [-0.39, 0.29) is 23.5 Å². The highest BCUT2D eigenvalue weighted by atomic mass is 19.1. The SMILES string of the molecule is CC(C)N(Cc1ccccc1)C(=O)c1cc(Nc2cccc(F)c2)ncn1. The van der Waals surface area contributed by atoms with Crippen LogP contribution in [0.1, 0.15) is 29.9 Å². The number of rotatable bonds is 6. The fourth-order valence-electron chi connectivity index (χ4n) is 2.67. The van der Waals surface area contributed by atoms with E-state index < -0.39 is 0 Å². The molecule has 0 aliphatic rings. The van der Waals surface area contributed by atoms with Crippen molar-refractivity contribution in [3.63, 3.8) is 0 Å². The first-order valence-corrected chi connectivity index (χ1v) is 8.72. The Morgan fingerprint density at radius 2 is 1.85 bits per heavy atom. The van der Waals surface area contributed by atoms with Crippen LogP contribution >= 0.6 is 0 Å². The Morgan fingerprint density at radius 1 is 1.07 bits per heavy atom. The van der Waals surface area contributed by atoms with Gasteiger partial charge in [-0.3, -0.25) is 4.79 Å². The summed E-state index contributed by atoms with van der Waals surface area (Å²) in [7, 11) is 0. The quantitative estimate of drug-likeness (QED) is 0.704. The topological polar surface area (TPSA) is 58.1 Å². The molecular formula is C21H21FN4O. The summed E-state index contributed by atoms with van der Waals surface area (Å²) in [6, 6.07) is 17.4. The Bertz CT molecular complexity index is 915. The molecular weight excluding hydrogens is 343 g/mol. The molecule has 0 unspecified atom stereocenters. The van der Waals surface area contributed by atoms with E-state index in [1.807, 2.05) is 44.2 Å². The van der Waals surface area contributed by atoms with Crippen molar-refractivity contribution < 1.29 is 9.18 Å². The number of hydrogen-bond donors (Lipinski definition) is 1. The Hall–Kier alpha value is -3.28. The van der Waals surface area contributed by atoms with E-state index in [9.17, 15) is 9.18 Å². The van der Waals surface area contributed by atoms with Crippen molar-refractivity contribution >= 4 is 17.4 Å². The van der Waals surface area contributed by atoms with Crippen LogP contribution < -0.4 is 5.32 Å². The summed E-state index contributed by atoms with van der Waals surface area (Å²) < 4.78 is 13.3. The highest BCUT2D eigenvalue weighted by Crippen LogP contribution is 2.17. The maximum atomic E-state index is 13.3. The van der Waals surface area contributed by atoms with E-state index in [0.717, 1.165) is 5.56 Å². The Labute approximate surface area is 157 Å². The molecule has 1 N–H and O–H groups in total. The molecule has 3 rings (SSSR count). The summed E-state index contributed by atoms with van der Waals surface area (Å²) in [4.78, 5) is 23.0. The Balaban J connectivity index is 1.80. The van der Waals surface area contributed by atoms with E-state index in [2.05, 4.69) is 15.3 Å². The van der Waals surface area contributed by atoms with Gasteiger partial charge in [-0.05, 0) is 37.6 Å². The zero-order valence-electron chi connectivity index (χ0n) is 15.3. The van der Waals surface area contributed by atoms with Crippen LogP contribution in [0.25, 0.3) is 0 Å². The molecule has 5 nitrogen and oxygen atoms in total. The molecule has 0 atom stereocenters. The summed E-state index contributed by atoms with van der Waals surface area (Å²) >= 11 is 0. The van der Waals surface area contributed by atoms with Crippen LogP contribution in [0.5, 0.6) is 0 Å². The second-order valence-corrected chi connectivity index (χ2v) is 6.44. The van der Waals surface area contributed by atoms with E-state index in [1.165, 1.54) is 18.5 Å². The number of anilines is 2. The summed E-state index contributed by atoms with van der Waals surface area (Å²) in [5, 5.41) is 3.00. The number of hydrogen-bond acceptors (Lipinski definition) is 4. The van der Waals surface area contributed by atoms with Gasteiger partial charge in [-0.1, -0.05) is 36.4 Å². The summed E-state index contributed by atoms with van der Waals surface area (Å²) in [5.41, 5.74) is 1.89. The van der Waals surface area contributed by atoms with Gasteiger partial charge in [-0.15, -0.1) is 0 Å². The van der Waals surface area contributed by atoms with E-state index in [1.54, 1.807) is 23.1 Å². The molecule has 0 bridgehead atoms. The Kier molecular flexibility index (Phi) is 5.76. The molecule has 138 valence electrons. The number of aromatic nitrogens is 2. The largest absolute Gasteiger partial charge is 0.340 e. The maximum absolute atomic E-state index is 13.3. The van der Waals surface area contributed by atoms with Gasteiger partial charge in [-0.25, -0.2) is 14.4 Å². The molecule has 0 fully saturated rings. The zero-order valence-corrected chi connectivity index (χ0v) is 15.3. The number of carbonyl (C=O) groups excluding carboxylic acids is 1. The van der Waals surface area contributed by atoms with Gasteiger partial charge in [0.15, 0.2) is 0 Å². The third-order valence-corrected chi connectivity index (χ3v) is 4.06. The van der Waals surface area contributed by atoms with Crippen molar-refractivity contribution in [3.05, 3.63) is 84.1 Å². The molecule has 2 aromatic carbocycles. The van der Waals surface area contributed by atoms with Gasteiger partial charge >= 0.3 is 0 Å². The molecule has 1 amide bonds. The molecule has 27 heavy (non-hydrogen) atoms. The average Bonchev–Trinajstić information content (AvgIpc) is 2.66. The first kappa shape index (κ1) is 18.5. The fraction of sp³-hybridized carbons (Fsp3) is 0.190. The van der Waals surface area contributed by atoms with Crippen LogP contribution in [0.2, 0.25) is 0 Å². The summed E-state index contributed by atoms with van der Waals surface area (Å²) in [6.07, 6.45) is 1.33. The number of carbonyl (C=O) groups is 1. The van der Waals surface area contributed by atoms with Crippen molar-refractivity contribution in [2.24, 2.45) is 0 Å². The number of benzene rings is 2.